The summed E-state index contributed by atoms with van der Waals surface area (Å²) in [5.41, 5.74) is 1.15. The highest BCUT2D eigenvalue weighted by Gasteiger charge is 2.39. The molecular formula is C22H18F5N3OS. The summed E-state index contributed by atoms with van der Waals surface area (Å²) < 4.78 is 66.3. The van der Waals surface area contributed by atoms with Gasteiger partial charge in [-0.05, 0) is 74.2 Å². The number of nitrogens with one attached hydrogen (secondary N) is 1. The van der Waals surface area contributed by atoms with Crippen molar-refractivity contribution in [3.8, 4) is 5.69 Å². The summed E-state index contributed by atoms with van der Waals surface area (Å²) in [6, 6.07) is 12.1. The van der Waals surface area contributed by atoms with Gasteiger partial charge in [0.15, 0.2) is 5.69 Å². The highest BCUT2D eigenvalue weighted by atomic mass is 32.2. The molecule has 10 heteroatoms. The fourth-order valence-electron chi connectivity index (χ4n) is 3.72. The van der Waals surface area contributed by atoms with Gasteiger partial charge in [0.25, 0.3) is 11.7 Å². The number of nitrogens with zero attached hydrogens (tertiary/aromatic N) is 2. The number of thioether (sulfide) groups is 1. The van der Waals surface area contributed by atoms with E-state index in [1.807, 2.05) is 0 Å². The van der Waals surface area contributed by atoms with Gasteiger partial charge in [-0.2, -0.15) is 27.1 Å². The van der Waals surface area contributed by atoms with Crippen LogP contribution in [0.1, 0.15) is 40.2 Å². The summed E-state index contributed by atoms with van der Waals surface area (Å²) in [7, 11) is 0. The number of amides is 1. The number of halogens is 5. The third kappa shape index (κ3) is 4.79. The topological polar surface area (TPSA) is 46.9 Å². The molecule has 0 spiro atoms. The van der Waals surface area contributed by atoms with E-state index in [1.165, 1.54) is 41.1 Å². The van der Waals surface area contributed by atoms with E-state index >= 15 is 0 Å². The van der Waals surface area contributed by atoms with Crippen LogP contribution in [0.4, 0.5) is 27.6 Å². The van der Waals surface area contributed by atoms with E-state index in [1.54, 1.807) is 12.1 Å². The van der Waals surface area contributed by atoms with Crippen LogP contribution >= 0.6 is 11.8 Å². The number of alkyl halides is 5. The van der Waals surface area contributed by atoms with Crippen LogP contribution in [0.15, 0.2) is 53.4 Å². The molecule has 0 bridgehead atoms. The molecule has 0 saturated carbocycles. The number of anilines is 1. The Balaban J connectivity index is 1.52. The lowest BCUT2D eigenvalue weighted by Crippen LogP contribution is -2.12. The van der Waals surface area contributed by atoms with E-state index in [-0.39, 0.29) is 5.56 Å². The van der Waals surface area contributed by atoms with Crippen molar-refractivity contribution >= 4 is 23.4 Å². The molecule has 0 aliphatic heterocycles. The summed E-state index contributed by atoms with van der Waals surface area (Å²) in [6.45, 7) is 0. The van der Waals surface area contributed by atoms with Gasteiger partial charge in [-0.15, -0.1) is 0 Å². The minimum absolute atomic E-state index is 0.249. The summed E-state index contributed by atoms with van der Waals surface area (Å²) in [5, 5.41) is 6.51. The molecule has 4 rings (SSSR count). The highest BCUT2D eigenvalue weighted by molar-refractivity contribution is 7.99. The maximum Gasteiger partial charge on any atom is 0.435 e. The summed E-state index contributed by atoms with van der Waals surface area (Å²) >= 11 is 0.410. The fourth-order valence-corrected chi connectivity index (χ4v) is 4.22. The number of benzene rings is 2. The van der Waals surface area contributed by atoms with Crippen molar-refractivity contribution in [1.29, 1.82) is 0 Å². The van der Waals surface area contributed by atoms with Crippen LogP contribution in [0.5, 0.6) is 0 Å². The van der Waals surface area contributed by atoms with Gasteiger partial charge < -0.3 is 5.32 Å². The van der Waals surface area contributed by atoms with Gasteiger partial charge in [0, 0.05) is 27.4 Å². The number of rotatable bonds is 5. The maximum absolute atomic E-state index is 13.4. The van der Waals surface area contributed by atoms with Crippen LogP contribution in [0, 0.1) is 0 Å². The summed E-state index contributed by atoms with van der Waals surface area (Å²) in [5.74, 6) is -2.95. The Bertz CT molecular complexity index is 1110. The molecule has 0 fully saturated rings. The average molecular weight is 467 g/mol. The molecule has 3 aromatic rings. The molecule has 4 nitrogen and oxygen atoms in total. The van der Waals surface area contributed by atoms with E-state index in [4.69, 9.17) is 0 Å². The molecule has 168 valence electrons. The molecule has 1 aromatic heterocycles. The van der Waals surface area contributed by atoms with E-state index in [0.717, 1.165) is 6.42 Å². The first kappa shape index (κ1) is 22.3. The fraction of sp³-hybridized carbons (Fsp3) is 0.273. The number of carbonyl (C=O) groups is 1. The van der Waals surface area contributed by atoms with E-state index in [0.29, 0.717) is 58.6 Å². The average Bonchev–Trinajstić information content (AvgIpc) is 3.15. The Morgan fingerprint density at radius 1 is 1.00 bits per heavy atom. The predicted octanol–water partition coefficient (Wildman–Crippen LogP) is 6.34. The lowest BCUT2D eigenvalue weighted by Gasteiger charge is -2.15. The van der Waals surface area contributed by atoms with Gasteiger partial charge in [0.2, 0.25) is 0 Å². The zero-order valence-corrected chi connectivity index (χ0v) is 17.4. The minimum atomic E-state index is -4.52. The zero-order valence-electron chi connectivity index (χ0n) is 16.6. The SMILES string of the molecule is O=C(Nc1ccc(SC(F)F)cc1)c1ccc(-n2nc(C(F)(F)F)c3c2CCCC3)cc1. The Morgan fingerprint density at radius 3 is 2.28 bits per heavy atom. The van der Waals surface area contributed by atoms with Crippen molar-refractivity contribution in [2.24, 2.45) is 0 Å². The largest absolute Gasteiger partial charge is 0.435 e. The van der Waals surface area contributed by atoms with Crippen LogP contribution in [-0.4, -0.2) is 21.4 Å². The zero-order chi connectivity index (χ0) is 22.9. The number of carbonyl (C=O) groups excluding carboxylic acids is 1. The third-order valence-corrected chi connectivity index (χ3v) is 5.88. The summed E-state index contributed by atoms with van der Waals surface area (Å²) in [6.07, 6.45) is -2.16. The Labute approximate surface area is 184 Å². The van der Waals surface area contributed by atoms with Crippen molar-refractivity contribution in [3.63, 3.8) is 0 Å². The van der Waals surface area contributed by atoms with Crippen LogP contribution in [0.2, 0.25) is 0 Å². The lowest BCUT2D eigenvalue weighted by molar-refractivity contribution is -0.142. The molecule has 1 N–H and O–H groups in total. The quantitative estimate of drug-likeness (QED) is 0.352. The predicted molar refractivity (Wildman–Crippen MR) is 111 cm³/mol. The van der Waals surface area contributed by atoms with Crippen LogP contribution in [-0.2, 0) is 19.0 Å². The summed E-state index contributed by atoms with van der Waals surface area (Å²) in [4.78, 5) is 12.9. The van der Waals surface area contributed by atoms with E-state index < -0.39 is 23.5 Å². The van der Waals surface area contributed by atoms with Gasteiger partial charge in [0.05, 0.1) is 5.69 Å². The monoisotopic (exact) mass is 467 g/mol. The third-order valence-electron chi connectivity index (χ3n) is 5.16. The first-order valence-electron chi connectivity index (χ1n) is 9.87. The second kappa shape index (κ2) is 8.93. The molecule has 0 atom stereocenters. The van der Waals surface area contributed by atoms with Gasteiger partial charge in [0.1, 0.15) is 0 Å². The van der Waals surface area contributed by atoms with Crippen molar-refractivity contribution in [3.05, 3.63) is 71.0 Å². The van der Waals surface area contributed by atoms with Crippen molar-refractivity contribution < 1.29 is 26.7 Å². The lowest BCUT2D eigenvalue weighted by atomic mass is 9.95. The van der Waals surface area contributed by atoms with Crippen molar-refractivity contribution in [1.82, 2.24) is 9.78 Å². The molecule has 0 unspecified atom stereocenters. The smallest absolute Gasteiger partial charge is 0.322 e. The van der Waals surface area contributed by atoms with Gasteiger partial charge >= 0.3 is 6.18 Å². The Kier molecular flexibility index (Phi) is 6.23. The van der Waals surface area contributed by atoms with Gasteiger partial charge in [-0.25, -0.2) is 4.68 Å². The number of hydrogen-bond acceptors (Lipinski definition) is 3. The molecular weight excluding hydrogens is 449 g/mol. The van der Waals surface area contributed by atoms with Crippen LogP contribution in [0.25, 0.3) is 5.69 Å². The molecule has 1 heterocycles. The Hall–Kier alpha value is -2.88. The molecule has 32 heavy (non-hydrogen) atoms. The molecule has 1 aliphatic rings. The van der Waals surface area contributed by atoms with Gasteiger partial charge in [-0.1, -0.05) is 11.8 Å². The first-order valence-corrected chi connectivity index (χ1v) is 10.7. The van der Waals surface area contributed by atoms with E-state index in [9.17, 15) is 26.7 Å². The molecule has 2 aromatic carbocycles. The van der Waals surface area contributed by atoms with Crippen LogP contribution in [0.3, 0.4) is 0 Å². The molecule has 1 amide bonds. The number of aromatic nitrogens is 2. The number of hydrogen-bond donors (Lipinski definition) is 1. The first-order chi connectivity index (χ1) is 15.2. The molecule has 0 radical (unpaired) electrons. The molecule has 1 aliphatic carbocycles. The Morgan fingerprint density at radius 2 is 1.66 bits per heavy atom. The van der Waals surface area contributed by atoms with Crippen molar-refractivity contribution in [2.45, 2.75) is 42.5 Å². The van der Waals surface area contributed by atoms with Gasteiger partial charge in [-0.3, -0.25) is 4.79 Å². The second-order valence-corrected chi connectivity index (χ2v) is 8.36. The van der Waals surface area contributed by atoms with E-state index in [2.05, 4.69) is 10.4 Å². The maximum atomic E-state index is 13.4. The van der Waals surface area contributed by atoms with Crippen molar-refractivity contribution in [2.75, 3.05) is 5.32 Å². The normalized spacial score (nSPS) is 13.8. The number of fused-ring (bicyclic) bond motifs is 1. The second-order valence-electron chi connectivity index (χ2n) is 7.29. The van der Waals surface area contributed by atoms with Crippen LogP contribution < -0.4 is 5.32 Å². The highest BCUT2D eigenvalue weighted by Crippen LogP contribution is 2.36. The standard InChI is InChI=1S/C22H18F5N3OS/c23-21(24)32-16-11-7-14(8-12-16)28-20(31)13-5-9-15(10-6-13)30-18-4-2-1-3-17(18)19(29-30)22(25,26)27/h5-12,21H,1-4H2,(H,28,31). The minimum Gasteiger partial charge on any atom is -0.322 e. The molecule has 0 saturated heterocycles.